The van der Waals surface area contributed by atoms with Crippen molar-refractivity contribution in [2.45, 2.75) is 13.3 Å². The van der Waals surface area contributed by atoms with E-state index in [1.807, 2.05) is 42.6 Å². The van der Waals surface area contributed by atoms with Gasteiger partial charge in [0.05, 0.1) is 6.61 Å². The van der Waals surface area contributed by atoms with Crippen LogP contribution in [-0.4, -0.2) is 19.0 Å². The van der Waals surface area contributed by atoms with Crippen molar-refractivity contribution in [2.75, 3.05) is 13.2 Å². The summed E-state index contributed by atoms with van der Waals surface area (Å²) in [6, 6.07) is 11.7. The third-order valence-electron chi connectivity index (χ3n) is 2.65. The van der Waals surface area contributed by atoms with Gasteiger partial charge in [-0.2, -0.15) is 0 Å². The molecule has 3 heteroatoms. The molecule has 0 fully saturated rings. The molecule has 1 aromatic heterocycles. The fourth-order valence-corrected chi connectivity index (χ4v) is 2.38. The van der Waals surface area contributed by atoms with E-state index in [1.54, 1.807) is 11.3 Å². The molecular weight excluding hydrogens is 244 g/mol. The van der Waals surface area contributed by atoms with E-state index in [0.29, 0.717) is 6.61 Å². The number of hydrogen-bond donors (Lipinski definition) is 0. The minimum absolute atomic E-state index is 0.0462. The number of Topliss-reactive ketones (excluding diaryl/α,β-unsaturated/α-hetero) is 1. The minimum atomic E-state index is 0.0462. The molecule has 0 unspecified atom stereocenters. The van der Waals surface area contributed by atoms with Crippen LogP contribution in [0, 0.1) is 6.92 Å². The highest BCUT2D eigenvalue weighted by atomic mass is 32.1. The molecule has 0 amide bonds. The van der Waals surface area contributed by atoms with Gasteiger partial charge in [-0.1, -0.05) is 29.8 Å². The van der Waals surface area contributed by atoms with Gasteiger partial charge in [0.25, 0.3) is 0 Å². The van der Waals surface area contributed by atoms with E-state index in [-0.39, 0.29) is 12.4 Å². The smallest absolute Gasteiger partial charge is 0.188 e. The van der Waals surface area contributed by atoms with Gasteiger partial charge in [0, 0.05) is 16.9 Å². The van der Waals surface area contributed by atoms with Gasteiger partial charge < -0.3 is 4.74 Å². The van der Waals surface area contributed by atoms with Crippen LogP contribution in [-0.2, 0) is 11.2 Å². The summed E-state index contributed by atoms with van der Waals surface area (Å²) in [5, 5.41) is 2.05. The maximum atomic E-state index is 11.8. The fourth-order valence-electron chi connectivity index (χ4n) is 1.69. The molecule has 0 atom stereocenters. The van der Waals surface area contributed by atoms with E-state index >= 15 is 0 Å². The lowest BCUT2D eigenvalue weighted by molar-refractivity contribution is 0.0766. The van der Waals surface area contributed by atoms with Gasteiger partial charge in [0.15, 0.2) is 5.78 Å². The lowest BCUT2D eigenvalue weighted by Gasteiger charge is -2.03. The standard InChI is InChI=1S/C15H16O2S/c1-12-4-2-5-13(10-12)15(16)11-17-8-7-14-6-3-9-18-14/h2-6,9-10H,7-8,11H2,1H3. The lowest BCUT2D eigenvalue weighted by Crippen LogP contribution is -2.10. The second-order valence-corrected chi connectivity index (χ2v) is 5.21. The summed E-state index contributed by atoms with van der Waals surface area (Å²) in [4.78, 5) is 13.1. The summed E-state index contributed by atoms with van der Waals surface area (Å²) < 4.78 is 5.42. The monoisotopic (exact) mass is 260 g/mol. The van der Waals surface area contributed by atoms with E-state index in [2.05, 4.69) is 6.07 Å². The number of aryl methyl sites for hydroxylation is 1. The second kappa shape index (κ2) is 6.47. The SMILES string of the molecule is Cc1cccc(C(=O)COCCc2cccs2)c1. The average Bonchev–Trinajstić information content (AvgIpc) is 2.87. The number of ether oxygens (including phenoxy) is 1. The molecule has 0 N–H and O–H groups in total. The zero-order valence-corrected chi connectivity index (χ0v) is 11.2. The summed E-state index contributed by atoms with van der Waals surface area (Å²) in [7, 11) is 0. The second-order valence-electron chi connectivity index (χ2n) is 4.17. The van der Waals surface area contributed by atoms with Gasteiger partial charge in [0.2, 0.25) is 0 Å². The zero-order valence-electron chi connectivity index (χ0n) is 10.4. The first-order valence-electron chi connectivity index (χ1n) is 5.96. The van der Waals surface area contributed by atoms with Gasteiger partial charge >= 0.3 is 0 Å². The third kappa shape index (κ3) is 3.79. The number of benzene rings is 1. The van der Waals surface area contributed by atoms with Crippen molar-refractivity contribution < 1.29 is 9.53 Å². The van der Waals surface area contributed by atoms with Gasteiger partial charge in [-0.05, 0) is 24.4 Å². The van der Waals surface area contributed by atoms with Crippen LogP contribution < -0.4 is 0 Å². The van der Waals surface area contributed by atoms with E-state index in [0.717, 1.165) is 17.5 Å². The normalized spacial score (nSPS) is 10.5. The first-order valence-corrected chi connectivity index (χ1v) is 6.83. The molecule has 1 aromatic carbocycles. The Bertz CT molecular complexity index is 503. The quantitative estimate of drug-likeness (QED) is 0.587. The molecule has 0 aliphatic carbocycles. The van der Waals surface area contributed by atoms with Crippen molar-refractivity contribution in [2.24, 2.45) is 0 Å². The van der Waals surface area contributed by atoms with Crippen molar-refractivity contribution in [1.29, 1.82) is 0 Å². The average molecular weight is 260 g/mol. The molecular formula is C15H16O2S. The first kappa shape index (κ1) is 13.0. The fraction of sp³-hybridized carbons (Fsp3) is 0.267. The minimum Gasteiger partial charge on any atom is -0.373 e. The molecule has 0 aliphatic heterocycles. The molecule has 1 heterocycles. The number of rotatable bonds is 6. The molecule has 2 nitrogen and oxygen atoms in total. The highest BCUT2D eigenvalue weighted by Gasteiger charge is 2.05. The Labute approximate surface area is 111 Å². The summed E-state index contributed by atoms with van der Waals surface area (Å²) in [5.74, 6) is 0.0462. The van der Waals surface area contributed by atoms with Crippen molar-refractivity contribution in [3.05, 3.63) is 57.8 Å². The Kier molecular flexibility index (Phi) is 4.67. The van der Waals surface area contributed by atoms with Crippen LogP contribution in [0.5, 0.6) is 0 Å². The van der Waals surface area contributed by atoms with Gasteiger partial charge in [-0.15, -0.1) is 11.3 Å². The predicted molar refractivity (Wildman–Crippen MR) is 74.4 cm³/mol. The molecule has 0 saturated carbocycles. The van der Waals surface area contributed by atoms with Crippen molar-refractivity contribution in [3.63, 3.8) is 0 Å². The van der Waals surface area contributed by atoms with Crippen molar-refractivity contribution in [3.8, 4) is 0 Å². The molecule has 0 radical (unpaired) electrons. The first-order chi connectivity index (χ1) is 8.75. The summed E-state index contributed by atoms with van der Waals surface area (Å²) in [6.07, 6.45) is 0.874. The molecule has 18 heavy (non-hydrogen) atoms. The van der Waals surface area contributed by atoms with Crippen LogP contribution in [0.4, 0.5) is 0 Å². The van der Waals surface area contributed by atoms with Crippen LogP contribution in [0.1, 0.15) is 20.8 Å². The molecule has 0 spiro atoms. The zero-order chi connectivity index (χ0) is 12.8. The van der Waals surface area contributed by atoms with E-state index in [4.69, 9.17) is 4.74 Å². The number of carbonyl (C=O) groups excluding carboxylic acids is 1. The lowest BCUT2D eigenvalue weighted by atomic mass is 10.1. The van der Waals surface area contributed by atoms with Crippen LogP contribution in [0.15, 0.2) is 41.8 Å². The number of hydrogen-bond acceptors (Lipinski definition) is 3. The van der Waals surface area contributed by atoms with Crippen LogP contribution in [0.2, 0.25) is 0 Å². The molecule has 94 valence electrons. The number of ketones is 1. The van der Waals surface area contributed by atoms with Gasteiger partial charge in [-0.25, -0.2) is 0 Å². The Morgan fingerprint density at radius 1 is 1.28 bits per heavy atom. The Morgan fingerprint density at radius 3 is 2.89 bits per heavy atom. The van der Waals surface area contributed by atoms with E-state index in [1.165, 1.54) is 4.88 Å². The molecule has 0 bridgehead atoms. The molecule has 2 rings (SSSR count). The number of thiophene rings is 1. The van der Waals surface area contributed by atoms with Crippen LogP contribution >= 0.6 is 11.3 Å². The molecule has 0 saturated heterocycles. The van der Waals surface area contributed by atoms with Gasteiger partial charge in [-0.3, -0.25) is 4.79 Å². The van der Waals surface area contributed by atoms with Crippen molar-refractivity contribution in [1.82, 2.24) is 0 Å². The van der Waals surface area contributed by atoms with E-state index < -0.39 is 0 Å². The van der Waals surface area contributed by atoms with Crippen LogP contribution in [0.3, 0.4) is 0 Å². The summed E-state index contributed by atoms with van der Waals surface area (Å²) >= 11 is 1.72. The topological polar surface area (TPSA) is 26.3 Å². The maximum Gasteiger partial charge on any atom is 0.188 e. The highest BCUT2D eigenvalue weighted by Crippen LogP contribution is 2.09. The Balaban J connectivity index is 1.75. The Morgan fingerprint density at radius 2 is 2.17 bits per heavy atom. The highest BCUT2D eigenvalue weighted by molar-refractivity contribution is 7.09. The summed E-state index contributed by atoms with van der Waals surface area (Å²) in [6.45, 7) is 2.74. The predicted octanol–water partition coefficient (Wildman–Crippen LogP) is 3.50. The van der Waals surface area contributed by atoms with Gasteiger partial charge in [0.1, 0.15) is 6.61 Å². The van der Waals surface area contributed by atoms with E-state index in [9.17, 15) is 4.79 Å². The van der Waals surface area contributed by atoms with Crippen LogP contribution in [0.25, 0.3) is 0 Å². The maximum absolute atomic E-state index is 11.8. The Hall–Kier alpha value is -1.45. The molecule has 2 aromatic rings. The number of carbonyl (C=O) groups is 1. The third-order valence-corrected chi connectivity index (χ3v) is 3.58. The van der Waals surface area contributed by atoms with Crippen molar-refractivity contribution >= 4 is 17.1 Å². The largest absolute Gasteiger partial charge is 0.373 e. The summed E-state index contributed by atoms with van der Waals surface area (Å²) in [5.41, 5.74) is 1.82. The molecule has 0 aliphatic rings.